The number of aryl methyl sites for hydroxylation is 1. The second kappa shape index (κ2) is 9.49. The average Bonchev–Trinajstić information content (AvgIpc) is 3.30. The largest absolute Gasteiger partial charge is 0.381 e. The second-order valence-corrected chi connectivity index (χ2v) is 8.59. The maximum absolute atomic E-state index is 11.2. The highest BCUT2D eigenvalue weighted by atomic mass is 32.1. The van der Waals surface area contributed by atoms with Crippen LogP contribution in [0.25, 0.3) is 0 Å². The van der Waals surface area contributed by atoms with Crippen molar-refractivity contribution < 1.29 is 9.53 Å². The molecule has 1 aliphatic rings. The van der Waals surface area contributed by atoms with Crippen LogP contribution in [0.2, 0.25) is 0 Å². The Bertz CT molecular complexity index is 714. The molecule has 4 nitrogen and oxygen atoms in total. The van der Waals surface area contributed by atoms with E-state index in [4.69, 9.17) is 4.74 Å². The van der Waals surface area contributed by atoms with E-state index in [2.05, 4.69) is 46.8 Å². The van der Waals surface area contributed by atoms with Crippen LogP contribution in [-0.2, 0) is 22.5 Å². The van der Waals surface area contributed by atoms with Gasteiger partial charge in [-0.2, -0.15) is 0 Å². The molecule has 1 N–H and O–H groups in total. The summed E-state index contributed by atoms with van der Waals surface area (Å²) in [6.07, 6.45) is 3.53. The summed E-state index contributed by atoms with van der Waals surface area (Å²) in [5.74, 6) is -0.0336. The lowest BCUT2D eigenvalue weighted by Gasteiger charge is -2.29. The molecule has 0 aliphatic carbocycles. The minimum Gasteiger partial charge on any atom is -0.381 e. The SMILES string of the molecule is CCOCC1(CCc2cccs2)CCN(Cc2ccc(NC(C)=O)cc2)C1. The molecule has 1 aromatic carbocycles. The number of hydrogen-bond acceptors (Lipinski definition) is 4. The standard InChI is InChI=1S/C22H30N2O2S/c1-3-26-17-22(11-10-21-5-4-14-27-21)12-13-24(16-22)15-19-6-8-20(9-7-19)23-18(2)25/h4-9,14H,3,10-13,15-17H2,1-2H3,(H,23,25). The van der Waals surface area contributed by atoms with Crippen LogP contribution in [0.5, 0.6) is 0 Å². The average molecular weight is 387 g/mol. The minimum absolute atomic E-state index is 0.0336. The molecule has 1 aromatic heterocycles. The number of carbonyl (C=O) groups is 1. The van der Waals surface area contributed by atoms with Gasteiger partial charge in [-0.25, -0.2) is 0 Å². The molecule has 1 fully saturated rings. The summed E-state index contributed by atoms with van der Waals surface area (Å²) in [7, 11) is 0. The molecule has 146 valence electrons. The van der Waals surface area contributed by atoms with Crippen molar-refractivity contribution in [2.24, 2.45) is 5.41 Å². The van der Waals surface area contributed by atoms with E-state index < -0.39 is 0 Å². The molecule has 1 saturated heterocycles. The van der Waals surface area contributed by atoms with Gasteiger partial charge in [0.05, 0.1) is 6.61 Å². The molecule has 2 aromatic rings. The van der Waals surface area contributed by atoms with Crippen LogP contribution < -0.4 is 5.32 Å². The molecule has 1 aliphatic heterocycles. The number of carbonyl (C=O) groups excluding carboxylic acids is 1. The molecule has 0 bridgehead atoms. The maximum atomic E-state index is 11.2. The number of likely N-dealkylation sites (tertiary alicyclic amines) is 1. The number of hydrogen-bond donors (Lipinski definition) is 1. The summed E-state index contributed by atoms with van der Waals surface area (Å²) >= 11 is 1.85. The Labute approximate surface area is 166 Å². The van der Waals surface area contributed by atoms with Crippen LogP contribution >= 0.6 is 11.3 Å². The van der Waals surface area contributed by atoms with Crippen molar-refractivity contribution in [1.29, 1.82) is 0 Å². The van der Waals surface area contributed by atoms with Crippen molar-refractivity contribution >= 4 is 22.9 Å². The summed E-state index contributed by atoms with van der Waals surface area (Å²) < 4.78 is 5.88. The number of ether oxygens (including phenoxy) is 1. The number of amides is 1. The predicted molar refractivity (Wildman–Crippen MR) is 112 cm³/mol. The van der Waals surface area contributed by atoms with Gasteiger partial charge in [0.25, 0.3) is 0 Å². The molecule has 0 spiro atoms. The topological polar surface area (TPSA) is 41.6 Å². The molecular weight excluding hydrogens is 356 g/mol. The highest BCUT2D eigenvalue weighted by molar-refractivity contribution is 7.09. The maximum Gasteiger partial charge on any atom is 0.221 e. The molecule has 1 amide bonds. The van der Waals surface area contributed by atoms with Gasteiger partial charge < -0.3 is 10.1 Å². The Morgan fingerprint density at radius 2 is 2.11 bits per heavy atom. The van der Waals surface area contributed by atoms with Crippen LogP contribution in [-0.4, -0.2) is 37.1 Å². The van der Waals surface area contributed by atoms with Crippen molar-refractivity contribution in [3.05, 3.63) is 52.2 Å². The van der Waals surface area contributed by atoms with Gasteiger partial charge in [-0.3, -0.25) is 9.69 Å². The van der Waals surface area contributed by atoms with Crippen LogP contribution in [0, 0.1) is 5.41 Å². The summed E-state index contributed by atoms with van der Waals surface area (Å²) in [6, 6.07) is 12.6. The highest BCUT2D eigenvalue weighted by Crippen LogP contribution is 2.37. The van der Waals surface area contributed by atoms with Crippen LogP contribution in [0.4, 0.5) is 5.69 Å². The first kappa shape index (κ1) is 20.1. The monoisotopic (exact) mass is 386 g/mol. The quantitative estimate of drug-likeness (QED) is 0.686. The van der Waals surface area contributed by atoms with Crippen LogP contribution in [0.15, 0.2) is 41.8 Å². The first-order valence-corrected chi connectivity index (χ1v) is 10.7. The fraction of sp³-hybridized carbons (Fsp3) is 0.500. The third-order valence-electron chi connectivity index (χ3n) is 5.29. The van der Waals surface area contributed by atoms with Crippen LogP contribution in [0.3, 0.4) is 0 Å². The summed E-state index contributed by atoms with van der Waals surface area (Å²) in [5, 5.41) is 4.99. The zero-order chi connectivity index (χ0) is 19.1. The van der Waals surface area contributed by atoms with E-state index >= 15 is 0 Å². The highest BCUT2D eigenvalue weighted by Gasteiger charge is 2.37. The van der Waals surface area contributed by atoms with Crippen molar-refractivity contribution in [1.82, 2.24) is 4.90 Å². The lowest BCUT2D eigenvalue weighted by molar-refractivity contribution is -0.114. The van der Waals surface area contributed by atoms with Crippen molar-refractivity contribution in [2.45, 2.75) is 39.7 Å². The van der Waals surface area contributed by atoms with Crippen molar-refractivity contribution in [3.8, 4) is 0 Å². The lowest BCUT2D eigenvalue weighted by Crippen LogP contribution is -2.32. The number of anilines is 1. The van der Waals surface area contributed by atoms with Gasteiger partial charge >= 0.3 is 0 Å². The number of nitrogens with one attached hydrogen (secondary N) is 1. The molecule has 5 heteroatoms. The first-order chi connectivity index (χ1) is 13.1. The second-order valence-electron chi connectivity index (χ2n) is 7.56. The Balaban J connectivity index is 1.58. The van der Waals surface area contributed by atoms with E-state index in [1.54, 1.807) is 0 Å². The van der Waals surface area contributed by atoms with Gasteiger partial charge in [-0.15, -0.1) is 11.3 Å². The fourth-order valence-electron chi connectivity index (χ4n) is 3.87. The summed E-state index contributed by atoms with van der Waals surface area (Å²) in [4.78, 5) is 15.2. The number of rotatable bonds is 9. The molecule has 0 saturated carbocycles. The number of thiophene rings is 1. The van der Waals surface area contributed by atoms with Gasteiger partial charge in [0, 0.05) is 42.6 Å². The van der Waals surface area contributed by atoms with E-state index in [-0.39, 0.29) is 11.3 Å². The fourth-order valence-corrected chi connectivity index (χ4v) is 4.58. The third-order valence-corrected chi connectivity index (χ3v) is 6.23. The van der Waals surface area contributed by atoms with E-state index in [0.29, 0.717) is 0 Å². The first-order valence-electron chi connectivity index (χ1n) is 9.78. The smallest absolute Gasteiger partial charge is 0.221 e. The number of benzene rings is 1. The molecule has 27 heavy (non-hydrogen) atoms. The molecule has 1 atom stereocenters. The summed E-state index contributed by atoms with van der Waals surface area (Å²) in [6.45, 7) is 8.41. The van der Waals surface area contributed by atoms with Crippen LogP contribution in [0.1, 0.15) is 37.1 Å². The molecule has 3 rings (SSSR count). The number of nitrogens with zero attached hydrogens (tertiary/aromatic N) is 1. The van der Waals surface area contributed by atoms with E-state index in [1.807, 2.05) is 23.5 Å². The van der Waals surface area contributed by atoms with Gasteiger partial charge in [-0.05, 0) is 61.9 Å². The lowest BCUT2D eigenvalue weighted by atomic mass is 9.83. The predicted octanol–water partition coefficient (Wildman–Crippen LogP) is 4.57. The van der Waals surface area contributed by atoms with E-state index in [0.717, 1.165) is 45.0 Å². The third kappa shape index (κ3) is 5.89. The molecular formula is C22H30N2O2S. The Morgan fingerprint density at radius 3 is 2.78 bits per heavy atom. The molecule has 2 heterocycles. The molecule has 0 radical (unpaired) electrons. The zero-order valence-corrected chi connectivity index (χ0v) is 17.2. The minimum atomic E-state index is -0.0336. The van der Waals surface area contributed by atoms with Crippen molar-refractivity contribution in [2.75, 3.05) is 31.6 Å². The molecule has 1 unspecified atom stereocenters. The van der Waals surface area contributed by atoms with E-state index in [1.165, 1.54) is 30.2 Å². The summed E-state index contributed by atoms with van der Waals surface area (Å²) in [5.41, 5.74) is 2.40. The normalized spacial score (nSPS) is 20.1. The Morgan fingerprint density at radius 1 is 1.30 bits per heavy atom. The zero-order valence-electron chi connectivity index (χ0n) is 16.4. The Kier molecular flexibility index (Phi) is 7.05. The van der Waals surface area contributed by atoms with Gasteiger partial charge in [-0.1, -0.05) is 18.2 Å². The Hall–Kier alpha value is -1.69. The van der Waals surface area contributed by atoms with Crippen molar-refractivity contribution in [3.63, 3.8) is 0 Å². The van der Waals surface area contributed by atoms with Gasteiger partial charge in [0.2, 0.25) is 5.91 Å². The van der Waals surface area contributed by atoms with Gasteiger partial charge in [0.1, 0.15) is 0 Å². The van der Waals surface area contributed by atoms with E-state index in [9.17, 15) is 4.79 Å². The van der Waals surface area contributed by atoms with Gasteiger partial charge in [0.15, 0.2) is 0 Å².